The second kappa shape index (κ2) is 9.33. The Morgan fingerprint density at radius 3 is 2.43 bits per heavy atom. The van der Waals surface area contributed by atoms with Crippen LogP contribution in [0.15, 0.2) is 36.4 Å². The molecule has 0 saturated carbocycles. The number of aliphatic hydroxyl groups excluding tert-OH is 3. The van der Waals surface area contributed by atoms with Crippen LogP contribution in [0.1, 0.15) is 11.1 Å². The molecule has 9 nitrogen and oxygen atoms in total. The smallest absolute Gasteiger partial charge is 0.160 e. The molecule has 0 spiro atoms. The number of aliphatic hydroxyl groups is 3. The van der Waals surface area contributed by atoms with Crippen LogP contribution in [0.3, 0.4) is 0 Å². The quantitative estimate of drug-likeness (QED) is 0.402. The van der Waals surface area contributed by atoms with E-state index < -0.39 is 37.3 Å². The number of phenolic OH excluding ortho intramolecular Hbond substituents is 2. The molecule has 9 heteroatoms. The van der Waals surface area contributed by atoms with Crippen LogP contribution in [0.5, 0.6) is 23.0 Å². The highest BCUT2D eigenvalue weighted by atomic mass is 16.7. The zero-order chi connectivity index (χ0) is 21.8. The molecule has 5 atom stereocenters. The Balaban J connectivity index is 1.77. The van der Waals surface area contributed by atoms with Crippen LogP contribution in [0, 0.1) is 0 Å². The summed E-state index contributed by atoms with van der Waals surface area (Å²) in [6.45, 7) is -0.619. The van der Waals surface area contributed by atoms with Crippen molar-refractivity contribution < 1.29 is 44.8 Å². The van der Waals surface area contributed by atoms with Crippen LogP contribution in [-0.4, -0.2) is 70.0 Å². The largest absolute Gasteiger partial charge is 0.828 e. The van der Waals surface area contributed by atoms with Gasteiger partial charge in [-0.05, 0) is 35.4 Å². The Bertz CT molecular complexity index is 898. The highest BCUT2D eigenvalue weighted by Gasteiger charge is 2.41. The topological polar surface area (TPSA) is 152 Å². The first-order chi connectivity index (χ1) is 14.3. The van der Waals surface area contributed by atoms with Gasteiger partial charge >= 0.3 is 0 Å². The van der Waals surface area contributed by atoms with Gasteiger partial charge in [0.05, 0.1) is 13.7 Å². The third-order valence-corrected chi connectivity index (χ3v) is 4.68. The summed E-state index contributed by atoms with van der Waals surface area (Å²) in [5.41, 5.74) is 1.19. The number of hydrogen-bond donors (Lipinski definition) is 5. The lowest BCUT2D eigenvalue weighted by Crippen LogP contribution is -2.64. The van der Waals surface area contributed by atoms with Crippen molar-refractivity contribution in [1.29, 1.82) is 0 Å². The van der Waals surface area contributed by atoms with Crippen molar-refractivity contribution in [3.05, 3.63) is 47.5 Å². The summed E-state index contributed by atoms with van der Waals surface area (Å²) in [5, 5.41) is 61.1. The summed E-state index contributed by atoms with van der Waals surface area (Å²) < 4.78 is 15.4. The fraction of sp³-hybridized carbons (Fsp3) is 0.333. The number of ether oxygens (including phenoxy) is 3. The maximum absolute atomic E-state index is 12.1. The van der Waals surface area contributed by atoms with Gasteiger partial charge in [-0.25, -0.2) is 0 Å². The fourth-order valence-corrected chi connectivity index (χ4v) is 3.11. The summed E-state index contributed by atoms with van der Waals surface area (Å²) in [6.07, 6.45) is -4.24. The van der Waals surface area contributed by atoms with E-state index >= 15 is 0 Å². The average Bonchev–Trinajstić information content (AvgIpc) is 2.72. The molecule has 1 aliphatic heterocycles. The van der Waals surface area contributed by atoms with Gasteiger partial charge in [0.1, 0.15) is 35.9 Å². The van der Waals surface area contributed by atoms with E-state index in [1.54, 1.807) is 24.3 Å². The first kappa shape index (κ1) is 21.9. The molecule has 2 aromatic carbocycles. The van der Waals surface area contributed by atoms with Gasteiger partial charge in [-0.2, -0.15) is 0 Å². The van der Waals surface area contributed by atoms with Crippen LogP contribution in [0.25, 0.3) is 12.2 Å². The van der Waals surface area contributed by atoms with Gasteiger partial charge in [0, 0.05) is 12.4 Å². The molecule has 30 heavy (non-hydrogen) atoms. The maximum Gasteiger partial charge on any atom is 0.160 e. The lowest BCUT2D eigenvalue weighted by Gasteiger charge is -2.45. The van der Waals surface area contributed by atoms with E-state index in [1.165, 1.54) is 31.4 Å². The Kier molecular flexibility index (Phi) is 6.80. The number of benzene rings is 2. The fourth-order valence-electron chi connectivity index (χ4n) is 3.11. The van der Waals surface area contributed by atoms with Gasteiger partial charge in [0.2, 0.25) is 0 Å². The van der Waals surface area contributed by atoms with Crippen LogP contribution in [0.2, 0.25) is 0 Å². The van der Waals surface area contributed by atoms with Gasteiger partial charge in [-0.1, -0.05) is 18.2 Å². The van der Waals surface area contributed by atoms with E-state index in [9.17, 15) is 25.5 Å². The lowest BCUT2D eigenvalue weighted by atomic mass is 9.99. The van der Waals surface area contributed by atoms with Gasteiger partial charge < -0.3 is 44.8 Å². The molecule has 0 unspecified atom stereocenters. The Labute approximate surface area is 172 Å². The average molecular weight is 419 g/mol. The molecule has 5 N–H and O–H groups in total. The third-order valence-electron chi connectivity index (χ3n) is 4.68. The first-order valence-electron chi connectivity index (χ1n) is 9.16. The lowest BCUT2D eigenvalue weighted by molar-refractivity contribution is -0.530. The number of rotatable bonds is 6. The SMILES string of the molecule is COc1ccc(/C=C/c2cc(O)cc(O[C@@H]3[C@@H](O)[C@H](O)[C@@H](CO)O[C@H]3[O-])c2)cc1O. The second-order valence-corrected chi connectivity index (χ2v) is 6.81. The molecule has 3 rings (SSSR count). The molecule has 1 aliphatic rings. The Morgan fingerprint density at radius 2 is 1.77 bits per heavy atom. The molecule has 0 aliphatic carbocycles. The van der Waals surface area contributed by atoms with Crippen molar-refractivity contribution in [2.75, 3.05) is 13.7 Å². The summed E-state index contributed by atoms with van der Waals surface area (Å²) in [4.78, 5) is 0. The molecule has 1 fully saturated rings. The van der Waals surface area contributed by atoms with Crippen molar-refractivity contribution in [2.24, 2.45) is 0 Å². The zero-order valence-corrected chi connectivity index (χ0v) is 16.1. The van der Waals surface area contributed by atoms with Crippen molar-refractivity contribution >= 4 is 12.2 Å². The van der Waals surface area contributed by atoms with Gasteiger partial charge in [0.15, 0.2) is 11.5 Å². The number of hydrogen-bond acceptors (Lipinski definition) is 9. The van der Waals surface area contributed by atoms with Crippen LogP contribution >= 0.6 is 0 Å². The molecular weight excluding hydrogens is 396 g/mol. The standard InChI is InChI=1S/C21H23O9/c1-28-16-5-4-11(8-15(16)24)2-3-12-6-13(23)9-14(7-12)29-20-19(26)18(25)17(10-22)30-21(20)27/h2-9,17-26H,10H2,1H3/q-1/b3-2+/t17-,18-,19+,20-,21-/m1/s1. The molecular formula is C21H23O9-. The summed E-state index contributed by atoms with van der Waals surface area (Å²) >= 11 is 0. The van der Waals surface area contributed by atoms with E-state index in [0.29, 0.717) is 16.9 Å². The zero-order valence-electron chi connectivity index (χ0n) is 16.1. The maximum atomic E-state index is 12.1. The van der Waals surface area contributed by atoms with Crippen molar-refractivity contribution in [2.45, 2.75) is 30.7 Å². The van der Waals surface area contributed by atoms with Crippen molar-refractivity contribution in [3.63, 3.8) is 0 Å². The van der Waals surface area contributed by atoms with E-state index in [2.05, 4.69) is 0 Å². The second-order valence-electron chi connectivity index (χ2n) is 6.81. The number of phenols is 2. The summed E-state index contributed by atoms with van der Waals surface area (Å²) in [5.74, 6) is 0.251. The minimum atomic E-state index is -1.84. The highest BCUT2D eigenvalue weighted by Crippen LogP contribution is 2.29. The molecule has 0 aromatic heterocycles. The molecule has 1 saturated heterocycles. The molecule has 0 radical (unpaired) electrons. The van der Waals surface area contributed by atoms with Crippen LogP contribution < -0.4 is 14.6 Å². The normalized spacial score (nSPS) is 26.6. The Hall–Kier alpha value is -2.82. The van der Waals surface area contributed by atoms with Gasteiger partial charge in [-0.3, -0.25) is 0 Å². The van der Waals surface area contributed by atoms with Gasteiger partial charge in [-0.15, -0.1) is 0 Å². The van der Waals surface area contributed by atoms with Crippen molar-refractivity contribution in [1.82, 2.24) is 0 Å². The third kappa shape index (κ3) is 4.84. The van der Waals surface area contributed by atoms with E-state index in [4.69, 9.17) is 19.3 Å². The minimum absolute atomic E-state index is 0.0212. The monoisotopic (exact) mass is 419 g/mol. The van der Waals surface area contributed by atoms with E-state index in [-0.39, 0.29) is 17.2 Å². The number of aromatic hydroxyl groups is 2. The summed E-state index contributed by atoms with van der Waals surface area (Å²) in [7, 11) is 1.45. The molecule has 162 valence electrons. The molecule has 2 aromatic rings. The van der Waals surface area contributed by atoms with Crippen LogP contribution in [-0.2, 0) is 4.74 Å². The summed E-state index contributed by atoms with van der Waals surface area (Å²) in [6, 6.07) is 9.06. The first-order valence-corrected chi connectivity index (χ1v) is 9.16. The predicted octanol–water partition coefficient (Wildman–Crippen LogP) is -0.177. The molecule has 0 amide bonds. The minimum Gasteiger partial charge on any atom is -0.828 e. The predicted molar refractivity (Wildman–Crippen MR) is 104 cm³/mol. The number of methoxy groups -OCH3 is 1. The van der Waals surface area contributed by atoms with Gasteiger partial charge in [0.25, 0.3) is 0 Å². The van der Waals surface area contributed by atoms with Crippen LogP contribution in [0.4, 0.5) is 0 Å². The molecule has 1 heterocycles. The van der Waals surface area contributed by atoms with E-state index in [1.807, 2.05) is 0 Å². The van der Waals surface area contributed by atoms with Crippen molar-refractivity contribution in [3.8, 4) is 23.0 Å². The molecule has 0 bridgehead atoms. The highest BCUT2D eigenvalue weighted by molar-refractivity contribution is 5.72. The Morgan fingerprint density at radius 1 is 1.03 bits per heavy atom. The van der Waals surface area contributed by atoms with E-state index in [0.717, 1.165) is 0 Å².